The van der Waals surface area contributed by atoms with E-state index in [0.717, 1.165) is 12.1 Å². The maximum atomic E-state index is 13.1. The molecule has 0 amide bonds. The van der Waals surface area contributed by atoms with Gasteiger partial charge in [-0.05, 0) is 28.1 Å². The van der Waals surface area contributed by atoms with E-state index in [4.69, 9.17) is 4.74 Å². The Morgan fingerprint density at radius 2 is 2.32 bits per heavy atom. The van der Waals surface area contributed by atoms with Crippen LogP contribution in [0.25, 0.3) is 0 Å². The van der Waals surface area contributed by atoms with E-state index in [1.54, 1.807) is 17.9 Å². The van der Waals surface area contributed by atoms with E-state index >= 15 is 0 Å². The normalized spacial score (nSPS) is 10.8. The molecule has 6 nitrogen and oxygen atoms in total. The van der Waals surface area contributed by atoms with E-state index in [1.807, 2.05) is 6.07 Å². The van der Waals surface area contributed by atoms with Crippen LogP contribution in [0.3, 0.4) is 0 Å². The number of rotatable bonds is 7. The fourth-order valence-corrected chi connectivity index (χ4v) is 1.66. The number of nitrogens with one attached hydrogen (secondary N) is 1. The number of tetrazole rings is 1. The molecule has 1 N–H and O–H groups in total. The van der Waals surface area contributed by atoms with Gasteiger partial charge >= 0.3 is 0 Å². The quantitative estimate of drug-likeness (QED) is 0.743. The summed E-state index contributed by atoms with van der Waals surface area (Å²) in [6, 6.07) is 6.40. The summed E-state index contributed by atoms with van der Waals surface area (Å²) in [5.41, 5.74) is 0.824. The third-order valence-electron chi connectivity index (χ3n) is 2.59. The average molecular weight is 265 g/mol. The van der Waals surface area contributed by atoms with Crippen LogP contribution in [-0.4, -0.2) is 40.5 Å². The molecule has 0 radical (unpaired) electrons. The van der Waals surface area contributed by atoms with Crippen molar-refractivity contribution in [3.8, 4) is 0 Å². The molecule has 0 aliphatic rings. The molecule has 0 fully saturated rings. The zero-order valence-electron chi connectivity index (χ0n) is 10.7. The smallest absolute Gasteiger partial charge is 0.165 e. The Hall–Kier alpha value is -1.86. The third-order valence-corrected chi connectivity index (χ3v) is 2.59. The monoisotopic (exact) mass is 265 g/mol. The maximum Gasteiger partial charge on any atom is 0.165 e. The molecule has 102 valence electrons. The van der Waals surface area contributed by atoms with Gasteiger partial charge in [0.05, 0.1) is 19.7 Å². The molecule has 0 unspecified atom stereocenters. The van der Waals surface area contributed by atoms with Gasteiger partial charge in [0.25, 0.3) is 0 Å². The molecule has 1 aromatic heterocycles. The predicted octanol–water partition coefficient (Wildman–Crippen LogP) is 0.596. The van der Waals surface area contributed by atoms with E-state index in [2.05, 4.69) is 20.8 Å². The van der Waals surface area contributed by atoms with Crippen LogP contribution in [0.5, 0.6) is 0 Å². The van der Waals surface area contributed by atoms with Gasteiger partial charge in [-0.3, -0.25) is 0 Å². The van der Waals surface area contributed by atoms with Gasteiger partial charge in [-0.1, -0.05) is 12.1 Å². The van der Waals surface area contributed by atoms with E-state index in [0.29, 0.717) is 25.5 Å². The lowest BCUT2D eigenvalue weighted by Crippen LogP contribution is -2.21. The first kappa shape index (κ1) is 13.6. The van der Waals surface area contributed by atoms with Gasteiger partial charge in [-0.15, -0.1) is 5.10 Å². The van der Waals surface area contributed by atoms with Crippen LogP contribution in [0.15, 0.2) is 24.3 Å². The molecule has 7 heteroatoms. The molecule has 0 aliphatic carbocycles. The molecule has 2 aromatic rings. The van der Waals surface area contributed by atoms with Gasteiger partial charge in [0.2, 0.25) is 0 Å². The summed E-state index contributed by atoms with van der Waals surface area (Å²) in [6.07, 6.45) is 0. The minimum absolute atomic E-state index is 0.259. The number of hydrogen-bond acceptors (Lipinski definition) is 5. The van der Waals surface area contributed by atoms with Crippen molar-refractivity contribution in [1.29, 1.82) is 0 Å². The molecule has 0 atom stereocenters. The molecule has 19 heavy (non-hydrogen) atoms. The number of halogens is 1. The highest BCUT2D eigenvalue weighted by atomic mass is 19.1. The van der Waals surface area contributed by atoms with Crippen LogP contribution < -0.4 is 5.32 Å². The standard InChI is InChI=1S/C12H16FN5O/c1-19-6-5-14-8-12-15-16-17-18(12)9-10-3-2-4-11(13)7-10/h2-4,7,14H,5-6,8-9H2,1H3. The van der Waals surface area contributed by atoms with E-state index in [9.17, 15) is 4.39 Å². The summed E-state index contributed by atoms with van der Waals surface area (Å²) in [4.78, 5) is 0. The highest BCUT2D eigenvalue weighted by Crippen LogP contribution is 2.06. The van der Waals surface area contributed by atoms with Crippen molar-refractivity contribution in [2.75, 3.05) is 20.3 Å². The Labute approximate surface area is 110 Å². The first-order valence-electron chi connectivity index (χ1n) is 5.98. The van der Waals surface area contributed by atoms with Crippen molar-refractivity contribution in [3.05, 3.63) is 41.5 Å². The molecule has 0 saturated heterocycles. The molecule has 1 heterocycles. The summed E-state index contributed by atoms with van der Waals surface area (Å²) < 4.78 is 19.7. The first-order chi connectivity index (χ1) is 9.29. The van der Waals surface area contributed by atoms with Gasteiger partial charge in [0.1, 0.15) is 5.82 Å². The van der Waals surface area contributed by atoms with Crippen molar-refractivity contribution in [3.63, 3.8) is 0 Å². The van der Waals surface area contributed by atoms with E-state index < -0.39 is 0 Å². The van der Waals surface area contributed by atoms with Gasteiger partial charge in [-0.2, -0.15) is 0 Å². The fraction of sp³-hybridized carbons (Fsp3) is 0.417. The molecule has 0 saturated carbocycles. The van der Waals surface area contributed by atoms with E-state index in [1.165, 1.54) is 12.1 Å². The number of aromatic nitrogens is 4. The lowest BCUT2D eigenvalue weighted by molar-refractivity contribution is 0.198. The lowest BCUT2D eigenvalue weighted by Gasteiger charge is -2.06. The van der Waals surface area contributed by atoms with E-state index in [-0.39, 0.29) is 5.82 Å². The second kappa shape index (κ2) is 6.91. The Morgan fingerprint density at radius 3 is 3.11 bits per heavy atom. The Kier molecular flexibility index (Phi) is 4.93. The average Bonchev–Trinajstić information content (AvgIpc) is 2.82. The third kappa shape index (κ3) is 4.08. The van der Waals surface area contributed by atoms with Crippen LogP contribution in [0, 0.1) is 5.82 Å². The summed E-state index contributed by atoms with van der Waals surface area (Å²) in [6.45, 7) is 2.35. The SMILES string of the molecule is COCCNCc1nnnn1Cc1cccc(F)c1. The summed E-state index contributed by atoms with van der Waals surface area (Å²) in [7, 11) is 1.65. The summed E-state index contributed by atoms with van der Waals surface area (Å²) >= 11 is 0. The van der Waals surface area contributed by atoms with Crippen molar-refractivity contribution >= 4 is 0 Å². The lowest BCUT2D eigenvalue weighted by atomic mass is 10.2. The molecular formula is C12H16FN5O. The van der Waals surface area contributed by atoms with Crippen LogP contribution >= 0.6 is 0 Å². The topological polar surface area (TPSA) is 64.9 Å². The van der Waals surface area contributed by atoms with Crippen LogP contribution in [-0.2, 0) is 17.8 Å². The van der Waals surface area contributed by atoms with Gasteiger partial charge in [0, 0.05) is 13.7 Å². The number of hydrogen-bond donors (Lipinski definition) is 1. The maximum absolute atomic E-state index is 13.1. The van der Waals surface area contributed by atoms with Gasteiger partial charge < -0.3 is 10.1 Å². The van der Waals surface area contributed by atoms with Crippen LogP contribution in [0.2, 0.25) is 0 Å². The second-order valence-electron chi connectivity index (χ2n) is 4.05. The molecule has 0 aliphatic heterocycles. The zero-order chi connectivity index (χ0) is 13.5. The highest BCUT2D eigenvalue weighted by molar-refractivity contribution is 5.16. The second-order valence-corrected chi connectivity index (χ2v) is 4.05. The fourth-order valence-electron chi connectivity index (χ4n) is 1.66. The molecule has 1 aromatic carbocycles. The molecular weight excluding hydrogens is 249 g/mol. The minimum Gasteiger partial charge on any atom is -0.383 e. The number of ether oxygens (including phenoxy) is 1. The Bertz CT molecular complexity index is 516. The van der Waals surface area contributed by atoms with Crippen LogP contribution in [0.4, 0.5) is 4.39 Å². The zero-order valence-corrected chi connectivity index (χ0v) is 10.7. The first-order valence-corrected chi connectivity index (χ1v) is 5.98. The Balaban J connectivity index is 1.95. The van der Waals surface area contributed by atoms with Crippen molar-refractivity contribution in [1.82, 2.24) is 25.5 Å². The summed E-state index contributed by atoms with van der Waals surface area (Å²) in [5, 5.41) is 14.6. The molecule has 0 spiro atoms. The molecule has 0 bridgehead atoms. The minimum atomic E-state index is -0.259. The van der Waals surface area contributed by atoms with Gasteiger partial charge in [-0.25, -0.2) is 9.07 Å². The largest absolute Gasteiger partial charge is 0.383 e. The van der Waals surface area contributed by atoms with Crippen molar-refractivity contribution < 1.29 is 9.13 Å². The predicted molar refractivity (Wildman–Crippen MR) is 66.9 cm³/mol. The number of methoxy groups -OCH3 is 1. The van der Waals surface area contributed by atoms with Crippen molar-refractivity contribution in [2.24, 2.45) is 0 Å². The number of nitrogens with zero attached hydrogens (tertiary/aromatic N) is 4. The van der Waals surface area contributed by atoms with Crippen LogP contribution in [0.1, 0.15) is 11.4 Å². The Morgan fingerprint density at radius 1 is 1.42 bits per heavy atom. The number of benzene rings is 1. The highest BCUT2D eigenvalue weighted by Gasteiger charge is 2.06. The summed E-state index contributed by atoms with van der Waals surface area (Å²) in [5.74, 6) is 0.450. The van der Waals surface area contributed by atoms with Crippen molar-refractivity contribution in [2.45, 2.75) is 13.1 Å². The van der Waals surface area contributed by atoms with Gasteiger partial charge in [0.15, 0.2) is 5.82 Å². The molecule has 2 rings (SSSR count).